The van der Waals surface area contributed by atoms with Gasteiger partial charge in [0.25, 0.3) is 5.91 Å². The summed E-state index contributed by atoms with van der Waals surface area (Å²) in [6.07, 6.45) is -0.571. The van der Waals surface area contributed by atoms with Crippen molar-refractivity contribution in [2.75, 3.05) is 0 Å². The molecular weight excluding hydrogens is 339 g/mol. The van der Waals surface area contributed by atoms with Crippen LogP contribution in [0, 0.1) is 0 Å². The molecule has 0 radical (unpaired) electrons. The number of nitrogens with one attached hydrogen (secondary N) is 1. The fourth-order valence-electron chi connectivity index (χ4n) is 2.84. The van der Waals surface area contributed by atoms with Gasteiger partial charge in [0.15, 0.2) is 0 Å². The molecule has 0 spiro atoms. The molecule has 0 bridgehead atoms. The molecule has 1 fully saturated rings. The quantitative estimate of drug-likeness (QED) is 0.839. The number of halogens is 3. The molecule has 1 saturated carbocycles. The lowest BCUT2D eigenvalue weighted by molar-refractivity contribution is -0.274. The number of benzene rings is 1. The first kappa shape index (κ1) is 16.8. The summed E-state index contributed by atoms with van der Waals surface area (Å²) in [7, 11) is 0. The van der Waals surface area contributed by atoms with Crippen LogP contribution in [-0.4, -0.2) is 18.3 Å². The predicted molar refractivity (Wildman–Crippen MR) is 86.2 cm³/mol. The summed E-state index contributed by atoms with van der Waals surface area (Å²) in [5.74, 6) is -0.446. The Labute approximate surface area is 141 Å². The maximum Gasteiger partial charge on any atom is 0.573 e. The number of rotatable bonds is 4. The first-order valence-electron chi connectivity index (χ1n) is 7.67. The number of alkyl halides is 3. The Morgan fingerprint density at radius 2 is 1.92 bits per heavy atom. The van der Waals surface area contributed by atoms with Gasteiger partial charge in [-0.15, -0.1) is 24.5 Å². The van der Waals surface area contributed by atoms with E-state index in [1.807, 2.05) is 0 Å². The normalized spacial score (nSPS) is 15.5. The van der Waals surface area contributed by atoms with E-state index in [4.69, 9.17) is 0 Å². The maximum absolute atomic E-state index is 12.5. The highest BCUT2D eigenvalue weighted by atomic mass is 32.1. The SMILES string of the molecule is O=C(NC1CCCC1)c1cc(-c2ccccc2OC(F)(F)F)cs1. The van der Waals surface area contributed by atoms with E-state index in [9.17, 15) is 18.0 Å². The minimum Gasteiger partial charge on any atom is -0.405 e. The van der Waals surface area contributed by atoms with Crippen LogP contribution in [0.5, 0.6) is 5.75 Å². The van der Waals surface area contributed by atoms with Gasteiger partial charge in [-0.1, -0.05) is 31.0 Å². The molecule has 3 rings (SSSR count). The molecule has 1 N–H and O–H groups in total. The van der Waals surface area contributed by atoms with Crippen LogP contribution in [0.25, 0.3) is 11.1 Å². The molecule has 0 aliphatic heterocycles. The molecule has 1 aliphatic rings. The number of para-hydroxylation sites is 1. The van der Waals surface area contributed by atoms with Crippen molar-refractivity contribution in [1.82, 2.24) is 5.32 Å². The van der Waals surface area contributed by atoms with Crippen LogP contribution in [0.2, 0.25) is 0 Å². The molecule has 1 aromatic carbocycles. The first-order valence-corrected chi connectivity index (χ1v) is 8.55. The molecule has 0 atom stereocenters. The highest BCUT2D eigenvalue weighted by molar-refractivity contribution is 7.12. The van der Waals surface area contributed by atoms with Crippen molar-refractivity contribution in [1.29, 1.82) is 0 Å². The lowest BCUT2D eigenvalue weighted by Gasteiger charge is -2.12. The van der Waals surface area contributed by atoms with Gasteiger partial charge < -0.3 is 10.1 Å². The fraction of sp³-hybridized carbons (Fsp3) is 0.353. The summed E-state index contributed by atoms with van der Waals surface area (Å²) in [5, 5.41) is 4.64. The standard InChI is InChI=1S/C17H16F3NO2S/c18-17(19,20)23-14-8-4-3-7-13(14)11-9-15(24-10-11)16(22)21-12-5-1-2-6-12/h3-4,7-10,12H,1-2,5-6H2,(H,21,22). The summed E-state index contributed by atoms with van der Waals surface area (Å²) in [6.45, 7) is 0. The van der Waals surface area contributed by atoms with E-state index in [0.717, 1.165) is 25.7 Å². The van der Waals surface area contributed by atoms with Crippen molar-refractivity contribution in [2.24, 2.45) is 0 Å². The van der Waals surface area contributed by atoms with Gasteiger partial charge >= 0.3 is 6.36 Å². The van der Waals surface area contributed by atoms with E-state index in [-0.39, 0.29) is 17.7 Å². The topological polar surface area (TPSA) is 38.3 Å². The monoisotopic (exact) mass is 355 g/mol. The van der Waals surface area contributed by atoms with Gasteiger partial charge in [-0.25, -0.2) is 0 Å². The number of ether oxygens (including phenoxy) is 1. The summed E-state index contributed by atoms with van der Waals surface area (Å²) >= 11 is 1.21. The van der Waals surface area contributed by atoms with Gasteiger partial charge in [-0.3, -0.25) is 4.79 Å². The van der Waals surface area contributed by atoms with Crippen LogP contribution in [0.1, 0.15) is 35.4 Å². The number of thiophene rings is 1. The van der Waals surface area contributed by atoms with Crippen LogP contribution in [0.4, 0.5) is 13.2 Å². The Bertz CT molecular complexity index is 721. The number of carbonyl (C=O) groups is 1. The Kier molecular flexibility index (Phi) is 4.80. The van der Waals surface area contributed by atoms with Crippen molar-refractivity contribution in [3.05, 3.63) is 40.6 Å². The third kappa shape index (κ3) is 4.08. The molecule has 1 aliphatic carbocycles. The summed E-state index contributed by atoms with van der Waals surface area (Å²) in [4.78, 5) is 12.7. The lowest BCUT2D eigenvalue weighted by atomic mass is 10.1. The molecule has 3 nitrogen and oxygen atoms in total. The summed E-state index contributed by atoms with van der Waals surface area (Å²) < 4.78 is 41.6. The van der Waals surface area contributed by atoms with E-state index in [0.29, 0.717) is 16.0 Å². The van der Waals surface area contributed by atoms with Crippen molar-refractivity contribution < 1.29 is 22.7 Å². The third-order valence-corrected chi connectivity index (χ3v) is 4.87. The molecule has 128 valence electrons. The van der Waals surface area contributed by atoms with Crippen LogP contribution in [0.3, 0.4) is 0 Å². The average Bonchev–Trinajstić information content (AvgIpc) is 3.17. The molecule has 7 heteroatoms. The molecule has 24 heavy (non-hydrogen) atoms. The average molecular weight is 355 g/mol. The second kappa shape index (κ2) is 6.84. The highest BCUT2D eigenvalue weighted by Crippen LogP contribution is 2.35. The van der Waals surface area contributed by atoms with Crippen LogP contribution in [-0.2, 0) is 0 Å². The Morgan fingerprint density at radius 1 is 1.21 bits per heavy atom. The van der Waals surface area contributed by atoms with Crippen LogP contribution < -0.4 is 10.1 Å². The smallest absolute Gasteiger partial charge is 0.405 e. The molecule has 1 heterocycles. The number of hydrogen-bond acceptors (Lipinski definition) is 3. The van der Waals surface area contributed by atoms with Crippen LogP contribution in [0.15, 0.2) is 35.7 Å². The number of hydrogen-bond donors (Lipinski definition) is 1. The molecular formula is C17H16F3NO2S. The third-order valence-electron chi connectivity index (χ3n) is 3.94. The van der Waals surface area contributed by atoms with Crippen LogP contribution >= 0.6 is 11.3 Å². The minimum atomic E-state index is -4.76. The predicted octanol–water partition coefficient (Wildman–Crippen LogP) is 4.99. The van der Waals surface area contributed by atoms with Crippen molar-refractivity contribution >= 4 is 17.2 Å². The van der Waals surface area contributed by atoms with E-state index < -0.39 is 6.36 Å². The van der Waals surface area contributed by atoms with Crippen molar-refractivity contribution in [3.8, 4) is 16.9 Å². The van der Waals surface area contributed by atoms with Gasteiger partial charge in [-0.2, -0.15) is 0 Å². The van der Waals surface area contributed by atoms with E-state index in [2.05, 4.69) is 10.1 Å². The first-order chi connectivity index (χ1) is 11.4. The minimum absolute atomic E-state index is 0.174. The molecule has 1 aromatic heterocycles. The fourth-order valence-corrected chi connectivity index (χ4v) is 3.65. The van der Waals surface area contributed by atoms with Gasteiger partial charge in [0.05, 0.1) is 4.88 Å². The van der Waals surface area contributed by atoms with Crippen molar-refractivity contribution in [3.63, 3.8) is 0 Å². The Balaban J connectivity index is 1.79. The Hall–Kier alpha value is -2.02. The second-order valence-electron chi connectivity index (χ2n) is 5.70. The number of amides is 1. The van der Waals surface area contributed by atoms with Gasteiger partial charge in [0.2, 0.25) is 0 Å². The zero-order chi connectivity index (χ0) is 17.2. The summed E-state index contributed by atoms with van der Waals surface area (Å²) in [5.41, 5.74) is 0.849. The van der Waals surface area contributed by atoms with E-state index in [1.54, 1.807) is 23.6 Å². The maximum atomic E-state index is 12.5. The zero-order valence-corrected chi connectivity index (χ0v) is 13.5. The molecule has 0 unspecified atom stereocenters. The van der Waals surface area contributed by atoms with E-state index in [1.165, 1.54) is 23.5 Å². The molecule has 1 amide bonds. The highest BCUT2D eigenvalue weighted by Gasteiger charge is 2.32. The number of carbonyl (C=O) groups excluding carboxylic acids is 1. The largest absolute Gasteiger partial charge is 0.573 e. The molecule has 0 saturated heterocycles. The van der Waals surface area contributed by atoms with Gasteiger partial charge in [0.1, 0.15) is 5.75 Å². The summed E-state index contributed by atoms with van der Waals surface area (Å²) in [6, 6.07) is 7.72. The zero-order valence-electron chi connectivity index (χ0n) is 12.7. The molecule has 2 aromatic rings. The van der Waals surface area contributed by atoms with E-state index >= 15 is 0 Å². The second-order valence-corrected chi connectivity index (χ2v) is 6.61. The lowest BCUT2D eigenvalue weighted by Crippen LogP contribution is -2.31. The van der Waals surface area contributed by atoms with Crippen molar-refractivity contribution in [2.45, 2.75) is 38.1 Å². The Morgan fingerprint density at radius 3 is 2.62 bits per heavy atom. The van der Waals surface area contributed by atoms with Gasteiger partial charge in [-0.05, 0) is 35.9 Å². The van der Waals surface area contributed by atoms with Gasteiger partial charge in [0, 0.05) is 11.6 Å².